The molecule has 0 aromatic heterocycles. The first-order valence-corrected chi connectivity index (χ1v) is 6.78. The number of nitrogen functional groups attached to an aromatic ring is 1. The number of carboxylic acid groups (broad SMARTS) is 1. The molecule has 21 heavy (non-hydrogen) atoms. The molecule has 2 aromatic rings. The number of nitrogens with one attached hydrogen (secondary N) is 1. The summed E-state index contributed by atoms with van der Waals surface area (Å²) < 4.78 is 0. The third-order valence-electron chi connectivity index (χ3n) is 3.37. The lowest BCUT2D eigenvalue weighted by atomic mass is 9.87. The molecular formula is C17H20N2O2. The van der Waals surface area contributed by atoms with Gasteiger partial charge in [-0.05, 0) is 35.2 Å². The van der Waals surface area contributed by atoms with E-state index in [1.54, 1.807) is 12.1 Å². The largest absolute Gasteiger partial charge is 0.478 e. The number of para-hydroxylation sites is 1. The number of anilines is 3. The monoisotopic (exact) mass is 284 g/mol. The first-order valence-electron chi connectivity index (χ1n) is 6.78. The lowest BCUT2D eigenvalue weighted by Crippen LogP contribution is -2.10. The number of benzene rings is 2. The van der Waals surface area contributed by atoms with Gasteiger partial charge in [-0.3, -0.25) is 0 Å². The molecule has 2 rings (SSSR count). The van der Waals surface area contributed by atoms with Gasteiger partial charge in [0.1, 0.15) is 0 Å². The van der Waals surface area contributed by atoms with E-state index in [2.05, 4.69) is 38.2 Å². The molecule has 0 spiro atoms. The predicted octanol–water partition coefficient (Wildman–Crippen LogP) is 4.01. The number of carboxylic acids is 1. The molecule has 4 N–H and O–H groups in total. The molecule has 0 saturated heterocycles. The Bertz CT molecular complexity index is 655. The lowest BCUT2D eigenvalue weighted by molar-refractivity contribution is 0.0698. The Labute approximate surface area is 124 Å². The Hall–Kier alpha value is -2.49. The zero-order valence-electron chi connectivity index (χ0n) is 12.5. The quantitative estimate of drug-likeness (QED) is 0.744. The summed E-state index contributed by atoms with van der Waals surface area (Å²) in [5.74, 6) is -1.03. The van der Waals surface area contributed by atoms with Gasteiger partial charge >= 0.3 is 5.97 Å². The Morgan fingerprint density at radius 3 is 2.24 bits per heavy atom. The smallest absolute Gasteiger partial charge is 0.337 e. The first kappa shape index (κ1) is 14.9. The van der Waals surface area contributed by atoms with E-state index in [0.717, 1.165) is 5.69 Å². The molecule has 0 radical (unpaired) electrons. The van der Waals surface area contributed by atoms with Crippen molar-refractivity contribution in [2.24, 2.45) is 0 Å². The van der Waals surface area contributed by atoms with E-state index in [-0.39, 0.29) is 16.7 Å². The molecule has 0 saturated carbocycles. The molecule has 0 aliphatic rings. The highest BCUT2D eigenvalue weighted by molar-refractivity contribution is 5.97. The molecule has 0 amide bonds. The fraction of sp³-hybridized carbons (Fsp3) is 0.235. The maximum atomic E-state index is 11.1. The topological polar surface area (TPSA) is 75.3 Å². The van der Waals surface area contributed by atoms with Crippen LogP contribution in [0.3, 0.4) is 0 Å². The van der Waals surface area contributed by atoms with Crippen molar-refractivity contribution in [3.05, 3.63) is 53.6 Å². The van der Waals surface area contributed by atoms with Crippen molar-refractivity contribution in [1.82, 2.24) is 0 Å². The van der Waals surface area contributed by atoms with Crippen LogP contribution in [0.2, 0.25) is 0 Å². The predicted molar refractivity (Wildman–Crippen MR) is 86.2 cm³/mol. The van der Waals surface area contributed by atoms with Crippen LogP contribution in [-0.4, -0.2) is 11.1 Å². The van der Waals surface area contributed by atoms with E-state index in [0.29, 0.717) is 5.69 Å². The van der Waals surface area contributed by atoms with E-state index in [1.165, 1.54) is 11.6 Å². The summed E-state index contributed by atoms with van der Waals surface area (Å²) in [5, 5.41) is 12.2. The number of nitrogens with two attached hydrogens (primary N) is 1. The summed E-state index contributed by atoms with van der Waals surface area (Å²) in [4.78, 5) is 11.1. The fourth-order valence-electron chi connectivity index (χ4n) is 2.07. The molecule has 0 fully saturated rings. The molecule has 0 heterocycles. The van der Waals surface area contributed by atoms with Crippen molar-refractivity contribution >= 4 is 23.0 Å². The highest BCUT2D eigenvalue weighted by atomic mass is 16.4. The standard InChI is InChI=1S/C17H20N2O2/c1-17(2,3)11-7-9-12(10-8-11)19-14-6-4-5-13(15(14)18)16(20)21/h4-10,19H,18H2,1-3H3,(H,20,21). The van der Waals surface area contributed by atoms with Gasteiger partial charge in [0.15, 0.2) is 0 Å². The molecule has 0 bridgehead atoms. The first-order chi connectivity index (χ1) is 9.79. The molecule has 2 aromatic carbocycles. The van der Waals surface area contributed by atoms with Gasteiger partial charge in [-0.1, -0.05) is 39.0 Å². The highest BCUT2D eigenvalue weighted by Gasteiger charge is 2.14. The van der Waals surface area contributed by atoms with Crippen LogP contribution in [0.25, 0.3) is 0 Å². The average Bonchev–Trinajstić information content (AvgIpc) is 2.40. The van der Waals surface area contributed by atoms with Crippen molar-refractivity contribution in [3.8, 4) is 0 Å². The minimum atomic E-state index is -1.03. The summed E-state index contributed by atoms with van der Waals surface area (Å²) in [6.07, 6.45) is 0. The van der Waals surface area contributed by atoms with Crippen molar-refractivity contribution < 1.29 is 9.90 Å². The van der Waals surface area contributed by atoms with E-state index in [4.69, 9.17) is 10.8 Å². The SMILES string of the molecule is CC(C)(C)c1ccc(Nc2cccc(C(=O)O)c2N)cc1. The number of hydrogen-bond acceptors (Lipinski definition) is 3. The summed E-state index contributed by atoms with van der Waals surface area (Å²) in [6.45, 7) is 6.47. The van der Waals surface area contributed by atoms with E-state index >= 15 is 0 Å². The van der Waals surface area contributed by atoms with Gasteiger partial charge in [-0.2, -0.15) is 0 Å². The minimum absolute atomic E-state index is 0.0980. The third-order valence-corrected chi connectivity index (χ3v) is 3.37. The van der Waals surface area contributed by atoms with Crippen LogP contribution in [0.4, 0.5) is 17.1 Å². The summed E-state index contributed by atoms with van der Waals surface area (Å²) in [5.41, 5.74) is 9.03. The molecule has 4 heteroatoms. The minimum Gasteiger partial charge on any atom is -0.478 e. The Morgan fingerprint density at radius 1 is 1.10 bits per heavy atom. The molecular weight excluding hydrogens is 264 g/mol. The molecule has 4 nitrogen and oxygen atoms in total. The van der Waals surface area contributed by atoms with Gasteiger partial charge in [-0.25, -0.2) is 4.79 Å². The van der Waals surface area contributed by atoms with Crippen LogP contribution >= 0.6 is 0 Å². The van der Waals surface area contributed by atoms with Crippen molar-refractivity contribution in [2.45, 2.75) is 26.2 Å². The van der Waals surface area contributed by atoms with Crippen LogP contribution in [-0.2, 0) is 5.41 Å². The van der Waals surface area contributed by atoms with E-state index < -0.39 is 5.97 Å². The number of hydrogen-bond donors (Lipinski definition) is 3. The van der Waals surface area contributed by atoms with Gasteiger partial charge in [0.25, 0.3) is 0 Å². The Kier molecular flexibility index (Phi) is 3.89. The Balaban J connectivity index is 2.27. The lowest BCUT2D eigenvalue weighted by Gasteiger charge is -2.19. The molecule has 110 valence electrons. The van der Waals surface area contributed by atoms with Crippen LogP contribution < -0.4 is 11.1 Å². The van der Waals surface area contributed by atoms with Crippen LogP contribution in [0.15, 0.2) is 42.5 Å². The van der Waals surface area contributed by atoms with Gasteiger partial charge in [-0.15, -0.1) is 0 Å². The highest BCUT2D eigenvalue weighted by Crippen LogP contribution is 2.28. The second-order valence-electron chi connectivity index (χ2n) is 6.02. The third kappa shape index (κ3) is 3.34. The van der Waals surface area contributed by atoms with Crippen molar-refractivity contribution in [3.63, 3.8) is 0 Å². The van der Waals surface area contributed by atoms with Crippen molar-refractivity contribution in [2.75, 3.05) is 11.1 Å². The zero-order valence-corrected chi connectivity index (χ0v) is 12.5. The second kappa shape index (κ2) is 5.48. The summed E-state index contributed by atoms with van der Waals surface area (Å²) in [6, 6.07) is 13.0. The van der Waals surface area contributed by atoms with Crippen LogP contribution in [0, 0.1) is 0 Å². The molecule has 0 aliphatic heterocycles. The second-order valence-corrected chi connectivity index (χ2v) is 6.02. The summed E-state index contributed by atoms with van der Waals surface area (Å²) >= 11 is 0. The zero-order chi connectivity index (χ0) is 15.6. The van der Waals surface area contributed by atoms with Gasteiger partial charge in [0.05, 0.1) is 16.9 Å². The molecule has 0 unspecified atom stereocenters. The van der Waals surface area contributed by atoms with Gasteiger partial charge in [0, 0.05) is 5.69 Å². The van der Waals surface area contributed by atoms with Gasteiger partial charge in [0.2, 0.25) is 0 Å². The fourth-order valence-corrected chi connectivity index (χ4v) is 2.07. The van der Waals surface area contributed by atoms with E-state index in [9.17, 15) is 4.79 Å². The summed E-state index contributed by atoms with van der Waals surface area (Å²) in [7, 11) is 0. The van der Waals surface area contributed by atoms with Crippen LogP contribution in [0.1, 0.15) is 36.7 Å². The number of carbonyl (C=O) groups is 1. The van der Waals surface area contributed by atoms with E-state index in [1.807, 2.05) is 12.1 Å². The maximum Gasteiger partial charge on any atom is 0.337 e. The molecule has 0 atom stereocenters. The number of aromatic carboxylic acids is 1. The van der Waals surface area contributed by atoms with Crippen molar-refractivity contribution in [1.29, 1.82) is 0 Å². The maximum absolute atomic E-state index is 11.1. The van der Waals surface area contributed by atoms with Gasteiger partial charge < -0.3 is 16.2 Å². The van der Waals surface area contributed by atoms with Crippen LogP contribution in [0.5, 0.6) is 0 Å². The normalized spacial score (nSPS) is 11.2. The Morgan fingerprint density at radius 2 is 1.71 bits per heavy atom. The molecule has 0 aliphatic carbocycles. The average molecular weight is 284 g/mol. The number of rotatable bonds is 3.